The highest BCUT2D eigenvalue weighted by Crippen LogP contribution is 2.27. The number of piperidine rings is 1. The van der Waals surface area contributed by atoms with Gasteiger partial charge in [-0.3, -0.25) is 4.90 Å². The molecular weight excluding hydrogens is 569 g/mol. The van der Waals surface area contributed by atoms with Gasteiger partial charge in [-0.05, 0) is 56.9 Å². The van der Waals surface area contributed by atoms with Gasteiger partial charge in [0.1, 0.15) is 24.6 Å². The Kier molecular flexibility index (Phi) is 8.63. The number of ether oxygens (including phenoxy) is 3. The van der Waals surface area contributed by atoms with E-state index in [9.17, 15) is 14.3 Å². The maximum atomic E-state index is 14.1. The first-order chi connectivity index (χ1) is 21.4. The Labute approximate surface area is 253 Å². The normalized spacial score (nSPS) is 20.4. The summed E-state index contributed by atoms with van der Waals surface area (Å²) < 4.78 is 33.8. The lowest BCUT2D eigenvalue weighted by molar-refractivity contribution is 0.0524. The van der Waals surface area contributed by atoms with E-state index in [0.717, 1.165) is 61.8 Å². The zero-order chi connectivity index (χ0) is 30.6. The maximum Gasteiger partial charge on any atom is 0.335 e. The van der Waals surface area contributed by atoms with Crippen molar-refractivity contribution in [1.82, 2.24) is 29.4 Å². The van der Waals surface area contributed by atoms with Crippen LogP contribution >= 0.6 is 0 Å². The smallest absolute Gasteiger partial charge is 0.335 e. The second-order valence-corrected chi connectivity index (χ2v) is 11.1. The van der Waals surface area contributed by atoms with E-state index in [-0.39, 0.29) is 41.9 Å². The lowest BCUT2D eigenvalue weighted by Crippen LogP contribution is -2.44. The number of hydrogen-bond donors (Lipinski definition) is 1. The third-order valence-corrected chi connectivity index (χ3v) is 8.04. The molecule has 13 heteroatoms. The van der Waals surface area contributed by atoms with Crippen molar-refractivity contribution in [3.05, 3.63) is 71.3 Å². The summed E-state index contributed by atoms with van der Waals surface area (Å²) in [5.74, 6) is -0.316. The number of aromatic nitrogens is 5. The molecule has 0 spiro atoms. The Morgan fingerprint density at radius 3 is 2.86 bits per heavy atom. The number of aromatic carboxylic acids is 1. The molecule has 3 aromatic heterocycles. The number of imidazole rings is 1. The molecular formula is C31H32FN7O5. The van der Waals surface area contributed by atoms with Gasteiger partial charge < -0.3 is 23.9 Å². The fourth-order valence-corrected chi connectivity index (χ4v) is 5.74. The van der Waals surface area contributed by atoms with Crippen LogP contribution in [0.5, 0.6) is 11.8 Å². The molecule has 1 unspecified atom stereocenters. The van der Waals surface area contributed by atoms with Gasteiger partial charge in [0.05, 0.1) is 41.4 Å². The molecule has 2 aliphatic heterocycles. The summed E-state index contributed by atoms with van der Waals surface area (Å²) in [5.41, 5.74) is 1.92. The van der Waals surface area contributed by atoms with Crippen molar-refractivity contribution in [3.8, 4) is 17.8 Å². The van der Waals surface area contributed by atoms with E-state index in [1.165, 1.54) is 6.20 Å². The Morgan fingerprint density at radius 2 is 2.11 bits per heavy atom. The molecule has 44 heavy (non-hydrogen) atoms. The Balaban J connectivity index is 1.09. The van der Waals surface area contributed by atoms with E-state index >= 15 is 0 Å². The predicted octanol–water partition coefficient (Wildman–Crippen LogP) is 4.12. The van der Waals surface area contributed by atoms with E-state index in [1.807, 2.05) is 6.07 Å². The van der Waals surface area contributed by atoms with Crippen LogP contribution in [-0.4, -0.2) is 71.9 Å². The van der Waals surface area contributed by atoms with Crippen LogP contribution in [0.3, 0.4) is 0 Å². The number of nitriles is 1. The molecule has 228 valence electrons. The highest BCUT2D eigenvalue weighted by atomic mass is 19.1. The molecule has 0 radical (unpaired) electrons. The molecule has 4 aromatic rings. The first-order valence-corrected chi connectivity index (χ1v) is 14.6. The van der Waals surface area contributed by atoms with Gasteiger partial charge in [-0.2, -0.15) is 10.2 Å². The lowest BCUT2D eigenvalue weighted by Gasteiger charge is -2.37. The van der Waals surface area contributed by atoms with Crippen molar-refractivity contribution < 1.29 is 28.5 Å². The Bertz CT molecular complexity index is 1700. The molecule has 3 atom stereocenters. The zero-order valence-electron chi connectivity index (χ0n) is 24.2. The Morgan fingerprint density at radius 1 is 1.23 bits per heavy atom. The van der Waals surface area contributed by atoms with Gasteiger partial charge in [0, 0.05) is 37.7 Å². The minimum absolute atomic E-state index is 0.0635. The summed E-state index contributed by atoms with van der Waals surface area (Å²) >= 11 is 0. The van der Waals surface area contributed by atoms with Crippen LogP contribution < -0.4 is 9.47 Å². The third-order valence-electron chi connectivity index (χ3n) is 8.04. The maximum absolute atomic E-state index is 14.1. The number of likely N-dealkylation sites (tertiary alicyclic amines) is 1. The van der Waals surface area contributed by atoms with Crippen molar-refractivity contribution in [1.29, 1.82) is 5.26 Å². The number of pyridine rings is 1. The quantitative estimate of drug-likeness (QED) is 0.280. The van der Waals surface area contributed by atoms with Crippen LogP contribution in [0.4, 0.5) is 4.39 Å². The molecule has 1 aromatic carbocycles. The predicted molar refractivity (Wildman–Crippen MR) is 154 cm³/mol. The molecule has 2 aliphatic rings. The van der Waals surface area contributed by atoms with Gasteiger partial charge >= 0.3 is 5.97 Å². The van der Waals surface area contributed by atoms with Crippen LogP contribution in [0.15, 0.2) is 42.7 Å². The average molecular weight is 602 g/mol. The number of carboxylic acids is 1. The van der Waals surface area contributed by atoms with E-state index in [2.05, 4.69) is 31.3 Å². The van der Waals surface area contributed by atoms with Crippen molar-refractivity contribution in [2.75, 3.05) is 13.2 Å². The van der Waals surface area contributed by atoms with Crippen LogP contribution in [-0.2, 0) is 24.4 Å². The fourth-order valence-electron chi connectivity index (χ4n) is 5.74. The van der Waals surface area contributed by atoms with Gasteiger partial charge in [0.25, 0.3) is 5.88 Å². The van der Waals surface area contributed by atoms with E-state index in [1.54, 1.807) is 30.5 Å². The number of halogens is 1. The largest absolute Gasteiger partial charge is 0.478 e. The molecule has 0 amide bonds. The summed E-state index contributed by atoms with van der Waals surface area (Å²) in [6.45, 7) is 4.82. The first kappa shape index (κ1) is 29.4. The number of carboxylic acid groups (broad SMARTS) is 1. The summed E-state index contributed by atoms with van der Waals surface area (Å²) in [5, 5.41) is 18.4. The second kappa shape index (κ2) is 12.9. The number of hydrogen-bond acceptors (Lipinski definition) is 10. The van der Waals surface area contributed by atoms with Crippen molar-refractivity contribution in [3.63, 3.8) is 0 Å². The number of rotatable bonds is 10. The fraction of sp³-hybridized carbons (Fsp3) is 0.419. The topological polar surface area (TPSA) is 149 Å². The Hall–Kier alpha value is -4.67. The highest BCUT2D eigenvalue weighted by Gasteiger charge is 2.29. The third kappa shape index (κ3) is 6.61. The van der Waals surface area contributed by atoms with Gasteiger partial charge in [0.2, 0.25) is 5.88 Å². The van der Waals surface area contributed by atoms with E-state index < -0.39 is 11.8 Å². The number of nitrogens with zero attached hydrogens (tertiary/aromatic N) is 7. The molecule has 0 aliphatic carbocycles. The molecule has 0 bridgehead atoms. The molecule has 5 heterocycles. The van der Waals surface area contributed by atoms with Crippen LogP contribution in [0.1, 0.15) is 60.2 Å². The van der Waals surface area contributed by atoms with Gasteiger partial charge in [0.15, 0.2) is 11.6 Å². The van der Waals surface area contributed by atoms with E-state index in [4.69, 9.17) is 24.5 Å². The van der Waals surface area contributed by atoms with Gasteiger partial charge in [-0.15, -0.1) is 0 Å². The van der Waals surface area contributed by atoms with Crippen molar-refractivity contribution in [2.45, 2.75) is 70.6 Å². The standard InChI is InChI=1S/C31H32FN7O5/c1-19-11-22(44-29-6-8-34-27(37-29)18-43-30-24(32)12-20(14-33)15-35-30)7-9-38(19)17-28-36-25-5-4-21(31(40)41)13-26(25)39(28)16-23-3-2-10-42-23/h4-6,8,12-13,15,19,22-23H,2-3,7,9-11,16-18H2,1H3,(H,40,41)/t19-,22-,23?/m0/s1. The molecule has 1 N–H and O–H groups in total. The summed E-state index contributed by atoms with van der Waals surface area (Å²) in [6.07, 6.45) is 6.35. The SMILES string of the molecule is C[C@H]1C[C@@H](Oc2ccnc(COc3ncc(C#N)cc3F)n2)CCN1Cc1nc2ccc(C(=O)O)cc2n1CC1CCCO1. The summed E-state index contributed by atoms with van der Waals surface area (Å²) in [4.78, 5) is 31.4. The minimum Gasteiger partial charge on any atom is -0.478 e. The number of benzene rings is 1. The first-order valence-electron chi connectivity index (χ1n) is 14.6. The van der Waals surface area contributed by atoms with Gasteiger partial charge in [-0.25, -0.2) is 24.1 Å². The number of fused-ring (bicyclic) bond motifs is 1. The monoisotopic (exact) mass is 601 g/mol. The minimum atomic E-state index is -0.963. The molecule has 6 rings (SSSR count). The second-order valence-electron chi connectivity index (χ2n) is 11.1. The lowest BCUT2D eigenvalue weighted by atomic mass is 10.0. The summed E-state index contributed by atoms with van der Waals surface area (Å²) in [6, 6.07) is 9.83. The van der Waals surface area contributed by atoms with E-state index in [0.29, 0.717) is 24.8 Å². The molecule has 0 saturated carbocycles. The number of carbonyl (C=O) groups is 1. The van der Waals surface area contributed by atoms with Crippen LogP contribution in [0.25, 0.3) is 11.0 Å². The zero-order valence-corrected chi connectivity index (χ0v) is 24.2. The average Bonchev–Trinajstić information content (AvgIpc) is 3.66. The van der Waals surface area contributed by atoms with Crippen LogP contribution in [0, 0.1) is 17.1 Å². The molecule has 12 nitrogen and oxygen atoms in total. The highest BCUT2D eigenvalue weighted by molar-refractivity contribution is 5.92. The van der Waals surface area contributed by atoms with Crippen molar-refractivity contribution >= 4 is 17.0 Å². The molecule has 2 saturated heterocycles. The summed E-state index contributed by atoms with van der Waals surface area (Å²) in [7, 11) is 0. The molecule has 2 fully saturated rings. The van der Waals surface area contributed by atoms with Crippen LogP contribution in [0.2, 0.25) is 0 Å². The van der Waals surface area contributed by atoms with Gasteiger partial charge in [-0.1, -0.05) is 0 Å². The van der Waals surface area contributed by atoms with Crippen molar-refractivity contribution in [2.24, 2.45) is 0 Å².